The van der Waals surface area contributed by atoms with Crippen molar-refractivity contribution >= 4 is 17.5 Å². The molecular formula is C13H18ClN7. The van der Waals surface area contributed by atoms with Crippen molar-refractivity contribution in [2.24, 2.45) is 0 Å². The maximum absolute atomic E-state index is 5.97. The largest absolute Gasteiger partial charge is 0.352 e. The van der Waals surface area contributed by atoms with Gasteiger partial charge in [-0.3, -0.25) is 4.57 Å². The number of nitrogens with zero attached hydrogens (tertiary/aromatic N) is 6. The fourth-order valence-electron chi connectivity index (χ4n) is 2.52. The van der Waals surface area contributed by atoms with Crippen LogP contribution in [0, 0.1) is 0 Å². The molecule has 7 nitrogen and oxygen atoms in total. The number of likely N-dealkylation sites (tertiary alicyclic amines) is 1. The topological polar surface area (TPSA) is 71.8 Å². The number of imidazole rings is 1. The normalized spacial score (nSPS) is 19.6. The van der Waals surface area contributed by atoms with Crippen LogP contribution in [0.25, 0.3) is 5.95 Å². The molecule has 3 heterocycles. The molecule has 0 aliphatic carbocycles. The number of rotatable bonds is 4. The molecule has 0 radical (unpaired) electrons. The molecule has 1 unspecified atom stereocenters. The molecule has 21 heavy (non-hydrogen) atoms. The summed E-state index contributed by atoms with van der Waals surface area (Å²) in [5.41, 5.74) is 0. The lowest BCUT2D eigenvalue weighted by molar-refractivity contribution is 0.194. The second kappa shape index (κ2) is 6.36. The van der Waals surface area contributed by atoms with Gasteiger partial charge in [-0.05, 0) is 38.0 Å². The number of aromatic nitrogens is 5. The summed E-state index contributed by atoms with van der Waals surface area (Å²) in [5, 5.41) is 3.44. The van der Waals surface area contributed by atoms with Crippen LogP contribution >= 0.6 is 11.6 Å². The van der Waals surface area contributed by atoms with E-state index < -0.39 is 0 Å². The van der Waals surface area contributed by atoms with Gasteiger partial charge in [0.25, 0.3) is 0 Å². The fourth-order valence-corrected chi connectivity index (χ4v) is 2.68. The zero-order valence-corrected chi connectivity index (χ0v) is 12.7. The first-order chi connectivity index (χ1) is 10.2. The fraction of sp³-hybridized carbons (Fsp3) is 0.538. The summed E-state index contributed by atoms with van der Waals surface area (Å²) < 4.78 is 1.70. The van der Waals surface area contributed by atoms with E-state index in [9.17, 15) is 0 Å². The third-order valence-corrected chi connectivity index (χ3v) is 3.92. The van der Waals surface area contributed by atoms with Gasteiger partial charge in [0, 0.05) is 25.0 Å². The highest BCUT2D eigenvalue weighted by Gasteiger charge is 2.19. The van der Waals surface area contributed by atoms with Gasteiger partial charge in [-0.15, -0.1) is 0 Å². The summed E-state index contributed by atoms with van der Waals surface area (Å²) in [7, 11) is 2.16. The molecule has 1 N–H and O–H groups in total. The number of nitrogens with one attached hydrogen (secondary N) is 1. The van der Waals surface area contributed by atoms with Crippen LogP contribution in [-0.2, 0) is 0 Å². The Kier molecular flexibility index (Phi) is 4.31. The predicted octanol–water partition coefficient (Wildman–Crippen LogP) is 1.61. The smallest absolute Gasteiger partial charge is 0.241 e. The highest BCUT2D eigenvalue weighted by molar-refractivity contribution is 6.28. The number of hydrogen-bond acceptors (Lipinski definition) is 6. The average Bonchev–Trinajstić information content (AvgIpc) is 3.00. The summed E-state index contributed by atoms with van der Waals surface area (Å²) in [5.74, 6) is 0.963. The summed E-state index contributed by atoms with van der Waals surface area (Å²) in [6.45, 7) is 1.95. The van der Waals surface area contributed by atoms with Gasteiger partial charge in [0.15, 0.2) is 0 Å². The number of hydrogen-bond donors (Lipinski definition) is 1. The van der Waals surface area contributed by atoms with Crippen LogP contribution in [0.1, 0.15) is 19.3 Å². The maximum Gasteiger partial charge on any atom is 0.241 e. The van der Waals surface area contributed by atoms with Crippen molar-refractivity contribution in [3.05, 3.63) is 24.0 Å². The first kappa shape index (κ1) is 14.2. The summed E-state index contributed by atoms with van der Waals surface area (Å²) in [6.07, 6.45) is 8.80. The third kappa shape index (κ3) is 3.48. The number of anilines is 1. The molecule has 1 saturated heterocycles. The van der Waals surface area contributed by atoms with E-state index in [4.69, 9.17) is 11.6 Å². The lowest BCUT2D eigenvalue weighted by Gasteiger charge is -2.32. The van der Waals surface area contributed by atoms with Crippen molar-refractivity contribution in [1.82, 2.24) is 29.4 Å². The Hall–Kier alpha value is -1.73. The molecule has 0 bridgehead atoms. The molecule has 0 spiro atoms. The van der Waals surface area contributed by atoms with Crippen LogP contribution < -0.4 is 5.32 Å². The van der Waals surface area contributed by atoms with E-state index in [-0.39, 0.29) is 5.28 Å². The Labute approximate surface area is 128 Å². The standard InChI is InChI=1S/C13H18ClN7/c1-20-6-3-2-4-10(20)8-16-12-17-11(14)18-13(19-12)21-7-5-15-9-21/h5,7,9-10H,2-4,6,8H2,1H3,(H,16,17,18,19). The number of piperidine rings is 1. The Morgan fingerprint density at radius 2 is 2.24 bits per heavy atom. The van der Waals surface area contributed by atoms with Gasteiger partial charge < -0.3 is 10.2 Å². The summed E-state index contributed by atoms with van der Waals surface area (Å²) >= 11 is 5.97. The highest BCUT2D eigenvalue weighted by Crippen LogP contribution is 2.16. The Bertz CT molecular complexity index is 586. The van der Waals surface area contributed by atoms with E-state index in [2.05, 4.69) is 37.2 Å². The SMILES string of the molecule is CN1CCCCC1CNc1nc(Cl)nc(-n2ccnc2)n1. The minimum atomic E-state index is 0.174. The van der Waals surface area contributed by atoms with Crippen LogP contribution in [0.2, 0.25) is 5.28 Å². The summed E-state index contributed by atoms with van der Waals surface area (Å²) in [6, 6.07) is 0.506. The molecule has 3 rings (SSSR count). The molecule has 1 atom stereocenters. The molecule has 2 aromatic heterocycles. The maximum atomic E-state index is 5.97. The third-order valence-electron chi connectivity index (χ3n) is 3.75. The van der Waals surface area contributed by atoms with Crippen LogP contribution in [-0.4, -0.2) is 55.6 Å². The first-order valence-electron chi connectivity index (χ1n) is 7.06. The predicted molar refractivity (Wildman–Crippen MR) is 80.7 cm³/mol. The van der Waals surface area contributed by atoms with Gasteiger partial charge in [0.1, 0.15) is 6.33 Å². The van der Waals surface area contributed by atoms with Gasteiger partial charge in [0.2, 0.25) is 17.2 Å². The zero-order chi connectivity index (χ0) is 14.7. The van der Waals surface area contributed by atoms with Crippen molar-refractivity contribution in [2.75, 3.05) is 25.5 Å². The molecule has 0 amide bonds. The van der Waals surface area contributed by atoms with Gasteiger partial charge in [0.05, 0.1) is 0 Å². The lowest BCUT2D eigenvalue weighted by atomic mass is 10.0. The molecular weight excluding hydrogens is 290 g/mol. The van der Waals surface area contributed by atoms with Gasteiger partial charge >= 0.3 is 0 Å². The summed E-state index contributed by atoms with van der Waals surface area (Å²) in [4.78, 5) is 19.0. The van der Waals surface area contributed by atoms with Crippen LogP contribution in [0.15, 0.2) is 18.7 Å². The molecule has 8 heteroatoms. The molecule has 0 saturated carbocycles. The van der Waals surface area contributed by atoms with E-state index in [0.29, 0.717) is 17.9 Å². The van der Waals surface area contributed by atoms with Gasteiger partial charge in [-0.25, -0.2) is 4.98 Å². The molecule has 1 aliphatic rings. The Balaban J connectivity index is 1.70. The molecule has 112 valence electrons. The minimum absolute atomic E-state index is 0.174. The lowest BCUT2D eigenvalue weighted by Crippen LogP contribution is -2.41. The van der Waals surface area contributed by atoms with E-state index in [1.165, 1.54) is 19.3 Å². The monoisotopic (exact) mass is 307 g/mol. The Morgan fingerprint density at radius 3 is 3.00 bits per heavy atom. The van der Waals surface area contributed by atoms with Crippen molar-refractivity contribution in [3.63, 3.8) is 0 Å². The van der Waals surface area contributed by atoms with E-state index in [1.54, 1.807) is 23.3 Å². The van der Waals surface area contributed by atoms with Crippen molar-refractivity contribution in [3.8, 4) is 5.95 Å². The minimum Gasteiger partial charge on any atom is -0.352 e. The average molecular weight is 308 g/mol. The van der Waals surface area contributed by atoms with E-state index in [1.807, 2.05) is 0 Å². The quantitative estimate of drug-likeness (QED) is 0.925. The number of halogens is 1. The molecule has 1 aliphatic heterocycles. The highest BCUT2D eigenvalue weighted by atomic mass is 35.5. The Morgan fingerprint density at radius 1 is 1.33 bits per heavy atom. The van der Waals surface area contributed by atoms with Crippen molar-refractivity contribution < 1.29 is 0 Å². The van der Waals surface area contributed by atoms with Crippen LogP contribution in [0.5, 0.6) is 0 Å². The molecule has 1 fully saturated rings. The zero-order valence-electron chi connectivity index (χ0n) is 11.9. The van der Waals surface area contributed by atoms with E-state index in [0.717, 1.165) is 13.1 Å². The van der Waals surface area contributed by atoms with Crippen molar-refractivity contribution in [1.29, 1.82) is 0 Å². The van der Waals surface area contributed by atoms with Crippen LogP contribution in [0.3, 0.4) is 0 Å². The van der Waals surface area contributed by atoms with Crippen molar-refractivity contribution in [2.45, 2.75) is 25.3 Å². The second-order valence-corrected chi connectivity index (χ2v) is 5.55. The number of likely N-dealkylation sites (N-methyl/N-ethyl adjacent to an activating group) is 1. The molecule has 0 aromatic carbocycles. The van der Waals surface area contributed by atoms with Gasteiger partial charge in [-0.1, -0.05) is 6.42 Å². The van der Waals surface area contributed by atoms with Gasteiger partial charge in [-0.2, -0.15) is 15.0 Å². The second-order valence-electron chi connectivity index (χ2n) is 5.21. The molecule has 2 aromatic rings. The van der Waals surface area contributed by atoms with Crippen LogP contribution in [0.4, 0.5) is 5.95 Å². The van der Waals surface area contributed by atoms with E-state index >= 15 is 0 Å². The first-order valence-corrected chi connectivity index (χ1v) is 7.44.